The van der Waals surface area contributed by atoms with Crippen molar-refractivity contribution in [1.82, 2.24) is 24.3 Å². The van der Waals surface area contributed by atoms with Crippen molar-refractivity contribution in [3.63, 3.8) is 0 Å². The summed E-state index contributed by atoms with van der Waals surface area (Å²) in [5.74, 6) is -3.47. The van der Waals surface area contributed by atoms with Crippen molar-refractivity contribution in [1.29, 1.82) is 0 Å². The van der Waals surface area contributed by atoms with E-state index in [1.807, 2.05) is 0 Å². The van der Waals surface area contributed by atoms with E-state index in [1.165, 1.54) is 7.11 Å². The molecule has 3 aromatic rings. The molecule has 3 heterocycles. The van der Waals surface area contributed by atoms with Crippen molar-refractivity contribution in [3.8, 4) is 17.4 Å². The summed E-state index contributed by atoms with van der Waals surface area (Å²) >= 11 is 0. The molecule has 0 saturated heterocycles. The number of aromatic nitrogens is 5. The van der Waals surface area contributed by atoms with Crippen molar-refractivity contribution < 1.29 is 36.9 Å². The zero-order valence-electron chi connectivity index (χ0n) is 20.7. The first-order chi connectivity index (χ1) is 17.3. The van der Waals surface area contributed by atoms with Crippen LogP contribution in [0.4, 0.5) is 17.6 Å². The highest BCUT2D eigenvalue weighted by molar-refractivity contribution is 6.00. The molecule has 0 bridgehead atoms. The molecule has 37 heavy (non-hydrogen) atoms. The Morgan fingerprint density at radius 2 is 1.89 bits per heavy atom. The topological polar surface area (TPSA) is 121 Å². The fourth-order valence-corrected chi connectivity index (χ4v) is 3.62. The number of hydrogen-bond acceptors (Lipinski definition) is 8. The van der Waals surface area contributed by atoms with Gasteiger partial charge in [0.15, 0.2) is 29.3 Å². The second kappa shape index (κ2) is 10.7. The molecule has 1 atom stereocenters. The van der Waals surface area contributed by atoms with Gasteiger partial charge in [0, 0.05) is 36.0 Å². The Bertz CT molecular complexity index is 1380. The maximum Gasteiger partial charge on any atom is 0.425 e. The molecule has 14 heteroatoms. The lowest BCUT2D eigenvalue weighted by Crippen LogP contribution is -2.32. The maximum atomic E-state index is 15.2. The number of carbonyl (C=O) groups is 1. The van der Waals surface area contributed by atoms with Gasteiger partial charge in [-0.2, -0.15) is 22.8 Å². The number of pyridine rings is 2. The van der Waals surface area contributed by atoms with Gasteiger partial charge < -0.3 is 14.6 Å². The number of hydrogen-bond donors (Lipinski definition) is 1. The van der Waals surface area contributed by atoms with Gasteiger partial charge in [-0.3, -0.25) is 14.3 Å². The Kier molecular flexibility index (Phi) is 8.00. The molecule has 0 saturated carbocycles. The van der Waals surface area contributed by atoms with Crippen LogP contribution in [-0.4, -0.2) is 54.6 Å². The van der Waals surface area contributed by atoms with Gasteiger partial charge in [-0.1, -0.05) is 0 Å². The first-order valence-electron chi connectivity index (χ1n) is 11.1. The molecule has 0 unspecified atom stereocenters. The van der Waals surface area contributed by atoms with Gasteiger partial charge in [-0.05, 0) is 33.8 Å². The van der Waals surface area contributed by atoms with Crippen LogP contribution in [0.5, 0.6) is 11.6 Å². The minimum Gasteiger partial charge on any atom is -0.496 e. The van der Waals surface area contributed by atoms with Crippen LogP contribution in [0.25, 0.3) is 5.82 Å². The molecule has 0 fully saturated rings. The van der Waals surface area contributed by atoms with Crippen molar-refractivity contribution in [2.24, 2.45) is 0 Å². The number of ether oxygens (including phenoxy) is 2. The lowest BCUT2D eigenvalue weighted by atomic mass is 10.0. The third-order valence-electron chi connectivity index (χ3n) is 5.55. The SMILES string of the molecule is CCn1c(CO)nn(-c2nc(O[C@@H](C)C(F)(F)F)c(C(=O)Cc3c(OC)cc(C)nc3C)cc2F)c1=O. The van der Waals surface area contributed by atoms with Gasteiger partial charge >= 0.3 is 11.9 Å². The molecule has 3 rings (SSSR count). The molecule has 10 nitrogen and oxygen atoms in total. The van der Waals surface area contributed by atoms with Crippen LogP contribution in [0.3, 0.4) is 0 Å². The highest BCUT2D eigenvalue weighted by Gasteiger charge is 2.39. The molecule has 1 N–H and O–H groups in total. The number of aryl methyl sites for hydroxylation is 2. The Hall–Kier alpha value is -3.81. The number of Topliss-reactive ketones (excluding diaryl/α,β-unsaturated/α-hetero) is 1. The number of aliphatic hydroxyl groups excluding tert-OH is 1. The minimum absolute atomic E-state index is 0.0765. The number of ketones is 1. The molecule has 0 aliphatic rings. The highest BCUT2D eigenvalue weighted by atomic mass is 19.4. The van der Waals surface area contributed by atoms with Crippen LogP contribution in [0.15, 0.2) is 16.9 Å². The smallest absolute Gasteiger partial charge is 0.425 e. The molecule has 0 aliphatic carbocycles. The molecule has 0 aliphatic heterocycles. The predicted octanol–water partition coefficient (Wildman–Crippen LogP) is 2.86. The molecular formula is C23H25F4N5O5. The first kappa shape index (κ1) is 27.8. The van der Waals surface area contributed by atoms with Gasteiger partial charge in [0.2, 0.25) is 5.88 Å². The molecule has 200 valence electrons. The minimum atomic E-state index is -4.83. The van der Waals surface area contributed by atoms with Gasteiger partial charge in [0.1, 0.15) is 12.4 Å². The summed E-state index contributed by atoms with van der Waals surface area (Å²) in [5.41, 5.74) is -0.0648. The Morgan fingerprint density at radius 1 is 1.22 bits per heavy atom. The zero-order valence-corrected chi connectivity index (χ0v) is 20.7. The van der Waals surface area contributed by atoms with Gasteiger partial charge in [-0.15, -0.1) is 5.10 Å². The summed E-state index contributed by atoms with van der Waals surface area (Å²) in [7, 11) is 1.38. The lowest BCUT2D eigenvalue weighted by Gasteiger charge is -2.19. The van der Waals surface area contributed by atoms with Crippen LogP contribution >= 0.6 is 0 Å². The molecule has 0 amide bonds. The highest BCUT2D eigenvalue weighted by Crippen LogP contribution is 2.30. The molecular weight excluding hydrogens is 502 g/mol. The van der Waals surface area contributed by atoms with Gasteiger partial charge in [0.05, 0.1) is 12.7 Å². The number of methoxy groups -OCH3 is 1. The van der Waals surface area contributed by atoms with E-state index in [0.717, 1.165) is 4.57 Å². The zero-order chi connectivity index (χ0) is 27.7. The van der Waals surface area contributed by atoms with Crippen LogP contribution < -0.4 is 15.2 Å². The number of rotatable bonds is 9. The summed E-state index contributed by atoms with van der Waals surface area (Å²) in [6.45, 7) is 5.03. The van der Waals surface area contributed by atoms with Crippen LogP contribution in [-0.2, 0) is 19.6 Å². The molecule has 0 radical (unpaired) electrons. The normalized spacial score (nSPS) is 12.5. The third-order valence-corrected chi connectivity index (χ3v) is 5.55. The van der Waals surface area contributed by atoms with Crippen molar-refractivity contribution in [3.05, 3.63) is 56.8 Å². The fraction of sp³-hybridized carbons (Fsp3) is 0.435. The third kappa shape index (κ3) is 5.63. The van der Waals surface area contributed by atoms with E-state index in [4.69, 9.17) is 9.47 Å². The monoisotopic (exact) mass is 527 g/mol. The number of aliphatic hydroxyl groups is 1. The van der Waals surface area contributed by atoms with Gasteiger partial charge in [0.25, 0.3) is 0 Å². The van der Waals surface area contributed by atoms with E-state index in [2.05, 4.69) is 15.1 Å². The summed E-state index contributed by atoms with van der Waals surface area (Å²) in [5, 5.41) is 13.3. The van der Waals surface area contributed by atoms with Crippen LogP contribution in [0.1, 0.15) is 47.0 Å². The van der Waals surface area contributed by atoms with E-state index in [-0.39, 0.29) is 12.4 Å². The quantitative estimate of drug-likeness (QED) is 0.333. The largest absolute Gasteiger partial charge is 0.496 e. The predicted molar refractivity (Wildman–Crippen MR) is 122 cm³/mol. The van der Waals surface area contributed by atoms with E-state index in [1.54, 1.807) is 26.8 Å². The molecule has 0 aromatic carbocycles. The Labute approximate surface area is 208 Å². The van der Waals surface area contributed by atoms with Crippen LogP contribution in [0, 0.1) is 19.7 Å². The van der Waals surface area contributed by atoms with Crippen molar-refractivity contribution in [2.45, 2.75) is 59.5 Å². The van der Waals surface area contributed by atoms with Gasteiger partial charge in [-0.25, -0.2) is 9.18 Å². The average molecular weight is 527 g/mol. The van der Waals surface area contributed by atoms with Crippen LogP contribution in [0.2, 0.25) is 0 Å². The fourth-order valence-electron chi connectivity index (χ4n) is 3.62. The standard InChI is InChI=1S/C23H25F4N5O5/c1-6-31-19(10-33)30-32(22(31)35)20-16(24)8-15(21(29-20)37-13(4)23(25,26)27)17(34)9-14-12(3)28-11(2)7-18(14)36-5/h7-8,13,33H,6,9-10H2,1-5H3/t13-/m0/s1. The molecule has 3 aromatic heterocycles. The number of halogens is 4. The molecule has 0 spiro atoms. The first-order valence-corrected chi connectivity index (χ1v) is 11.1. The van der Waals surface area contributed by atoms with E-state index in [9.17, 15) is 27.9 Å². The Morgan fingerprint density at radius 3 is 2.43 bits per heavy atom. The maximum absolute atomic E-state index is 15.2. The number of carbonyl (C=O) groups excluding carboxylic acids is 1. The summed E-state index contributed by atoms with van der Waals surface area (Å²) in [6.07, 6.45) is -7.65. The second-order valence-electron chi connectivity index (χ2n) is 8.09. The average Bonchev–Trinajstić information content (AvgIpc) is 3.15. The van der Waals surface area contributed by atoms with E-state index in [0.29, 0.717) is 40.4 Å². The number of alkyl halides is 3. The van der Waals surface area contributed by atoms with Crippen molar-refractivity contribution in [2.75, 3.05) is 7.11 Å². The lowest BCUT2D eigenvalue weighted by molar-refractivity contribution is -0.190. The summed E-state index contributed by atoms with van der Waals surface area (Å²) < 4.78 is 66.8. The Balaban J connectivity index is 2.16. The van der Waals surface area contributed by atoms with E-state index >= 15 is 4.39 Å². The number of nitrogens with zero attached hydrogens (tertiary/aromatic N) is 5. The van der Waals surface area contributed by atoms with E-state index < -0.39 is 59.9 Å². The summed E-state index contributed by atoms with van der Waals surface area (Å²) in [4.78, 5) is 33.9. The summed E-state index contributed by atoms with van der Waals surface area (Å²) in [6, 6.07) is 2.22. The second-order valence-corrected chi connectivity index (χ2v) is 8.09. The van der Waals surface area contributed by atoms with Crippen molar-refractivity contribution >= 4 is 5.78 Å².